The second-order valence-corrected chi connectivity index (χ2v) is 7.32. The smallest absolute Gasteiger partial charge is 0.329 e. The van der Waals surface area contributed by atoms with Gasteiger partial charge < -0.3 is 15.7 Å². The predicted molar refractivity (Wildman–Crippen MR) is 109 cm³/mol. The summed E-state index contributed by atoms with van der Waals surface area (Å²) in [6.07, 6.45) is 1.56. The summed E-state index contributed by atoms with van der Waals surface area (Å²) in [5, 5.41) is 17.1. The maximum atomic E-state index is 13.0. The average Bonchev–Trinajstić information content (AvgIpc) is 2.67. The lowest BCUT2D eigenvalue weighted by Crippen LogP contribution is -2.62. The minimum Gasteiger partial charge on any atom is -0.359 e. The van der Waals surface area contributed by atoms with Crippen LogP contribution >= 0.6 is 15.9 Å². The number of nitrogens with zero attached hydrogens (tertiary/aromatic N) is 1. The minimum atomic E-state index is -2.16. The molecule has 3 amide bonds. The summed E-state index contributed by atoms with van der Waals surface area (Å²) in [7, 11) is 0. The van der Waals surface area contributed by atoms with E-state index in [0.29, 0.717) is 34.4 Å². The van der Waals surface area contributed by atoms with Crippen molar-refractivity contribution in [1.82, 2.24) is 5.32 Å². The first kappa shape index (κ1) is 19.4. The summed E-state index contributed by atoms with van der Waals surface area (Å²) >= 11 is 3.38. The van der Waals surface area contributed by atoms with Crippen LogP contribution in [0.3, 0.4) is 0 Å². The lowest BCUT2D eigenvalue weighted by atomic mass is 9.94. The minimum absolute atomic E-state index is 0.310. The van der Waals surface area contributed by atoms with E-state index in [2.05, 4.69) is 26.6 Å². The molecule has 0 bridgehead atoms. The van der Waals surface area contributed by atoms with Gasteiger partial charge in [-0.1, -0.05) is 41.9 Å². The molecule has 1 aliphatic heterocycles. The van der Waals surface area contributed by atoms with E-state index in [1.54, 1.807) is 30.3 Å². The van der Waals surface area contributed by atoms with E-state index < -0.39 is 17.7 Å². The Labute approximate surface area is 166 Å². The normalized spacial score (nSPS) is 18.7. The van der Waals surface area contributed by atoms with Gasteiger partial charge in [-0.15, -0.1) is 0 Å². The van der Waals surface area contributed by atoms with Crippen LogP contribution in [0, 0.1) is 0 Å². The molecule has 1 heterocycles. The van der Waals surface area contributed by atoms with E-state index in [1.807, 2.05) is 26.0 Å². The van der Waals surface area contributed by atoms with E-state index in [1.165, 1.54) is 0 Å². The fourth-order valence-corrected chi connectivity index (χ4v) is 3.48. The van der Waals surface area contributed by atoms with Crippen molar-refractivity contribution >= 4 is 39.2 Å². The molecule has 1 atom stereocenters. The quantitative estimate of drug-likeness (QED) is 0.674. The summed E-state index contributed by atoms with van der Waals surface area (Å²) < 4.78 is 0.695. The Morgan fingerprint density at radius 3 is 2.56 bits per heavy atom. The van der Waals surface area contributed by atoms with Gasteiger partial charge in [-0.25, -0.2) is 4.79 Å². The largest absolute Gasteiger partial charge is 0.359 e. The number of anilines is 2. The standard InChI is InChI=1S/C20H22BrN3O3/c1-3-11-22-18(25)20(27)16-12-14(21)7-10-17(16)23-19(26)24(20)15-8-5-13(4-2)6-9-15/h5-10,12,27H,3-4,11H2,1-2H3,(H,22,25)(H,23,26)/t20-/m1/s1. The molecule has 2 aromatic carbocycles. The van der Waals surface area contributed by atoms with Crippen LogP contribution in [0.25, 0.3) is 0 Å². The molecule has 3 N–H and O–H groups in total. The molecule has 0 spiro atoms. The van der Waals surface area contributed by atoms with Gasteiger partial charge in [0.2, 0.25) is 0 Å². The van der Waals surface area contributed by atoms with Crippen molar-refractivity contribution < 1.29 is 14.7 Å². The van der Waals surface area contributed by atoms with Crippen LogP contribution in [0.5, 0.6) is 0 Å². The molecular formula is C20H22BrN3O3. The summed E-state index contributed by atoms with van der Waals surface area (Å²) in [6, 6.07) is 11.7. The molecule has 0 saturated carbocycles. The second kappa shape index (κ2) is 7.70. The van der Waals surface area contributed by atoms with Gasteiger partial charge in [0.15, 0.2) is 0 Å². The molecule has 7 heteroatoms. The molecule has 6 nitrogen and oxygen atoms in total. The summed E-state index contributed by atoms with van der Waals surface area (Å²) in [4.78, 5) is 27.0. The highest BCUT2D eigenvalue weighted by atomic mass is 79.9. The topological polar surface area (TPSA) is 81.7 Å². The molecule has 27 heavy (non-hydrogen) atoms. The van der Waals surface area contributed by atoms with Gasteiger partial charge >= 0.3 is 6.03 Å². The molecule has 0 radical (unpaired) electrons. The Bertz CT molecular complexity index is 869. The molecule has 0 aromatic heterocycles. The fourth-order valence-electron chi connectivity index (χ4n) is 3.12. The van der Waals surface area contributed by atoms with Crippen molar-refractivity contribution in [3.8, 4) is 0 Å². The molecule has 3 rings (SSSR count). The lowest BCUT2D eigenvalue weighted by molar-refractivity contribution is -0.140. The van der Waals surface area contributed by atoms with Crippen molar-refractivity contribution in [2.45, 2.75) is 32.4 Å². The summed E-state index contributed by atoms with van der Waals surface area (Å²) in [6.45, 7) is 4.35. The van der Waals surface area contributed by atoms with E-state index >= 15 is 0 Å². The zero-order chi connectivity index (χ0) is 19.6. The zero-order valence-electron chi connectivity index (χ0n) is 15.3. The average molecular weight is 432 g/mol. The van der Waals surface area contributed by atoms with Crippen molar-refractivity contribution in [2.24, 2.45) is 0 Å². The molecule has 0 saturated heterocycles. The van der Waals surface area contributed by atoms with Gasteiger partial charge in [0.1, 0.15) is 0 Å². The Morgan fingerprint density at radius 2 is 1.93 bits per heavy atom. The Morgan fingerprint density at radius 1 is 1.22 bits per heavy atom. The van der Waals surface area contributed by atoms with Crippen LogP contribution in [0.4, 0.5) is 16.2 Å². The Balaban J connectivity index is 2.16. The van der Waals surface area contributed by atoms with Crippen LogP contribution in [-0.2, 0) is 16.9 Å². The Kier molecular flexibility index (Phi) is 5.53. The van der Waals surface area contributed by atoms with E-state index in [-0.39, 0.29) is 0 Å². The number of halogens is 1. The van der Waals surface area contributed by atoms with Gasteiger partial charge in [-0.05, 0) is 48.7 Å². The number of aliphatic hydroxyl groups is 1. The highest BCUT2D eigenvalue weighted by Gasteiger charge is 2.52. The number of rotatable bonds is 5. The third-order valence-electron chi connectivity index (χ3n) is 4.58. The Hall–Kier alpha value is -2.38. The number of hydrogen-bond donors (Lipinski definition) is 3. The van der Waals surface area contributed by atoms with Gasteiger partial charge in [-0.3, -0.25) is 9.69 Å². The number of urea groups is 1. The molecule has 0 unspecified atom stereocenters. The van der Waals surface area contributed by atoms with Crippen molar-refractivity contribution in [1.29, 1.82) is 0 Å². The summed E-state index contributed by atoms with van der Waals surface area (Å²) in [5.74, 6) is -0.641. The third-order valence-corrected chi connectivity index (χ3v) is 5.07. The number of hydrogen-bond acceptors (Lipinski definition) is 3. The predicted octanol–water partition coefficient (Wildman–Crippen LogP) is 3.73. The molecule has 142 valence electrons. The van der Waals surface area contributed by atoms with Crippen LogP contribution in [0.1, 0.15) is 31.4 Å². The van der Waals surface area contributed by atoms with E-state index in [0.717, 1.165) is 16.9 Å². The first-order valence-corrected chi connectivity index (χ1v) is 9.72. The first-order valence-electron chi connectivity index (χ1n) is 8.92. The van der Waals surface area contributed by atoms with Gasteiger partial charge in [0, 0.05) is 22.3 Å². The van der Waals surface area contributed by atoms with Crippen molar-refractivity contribution in [2.75, 3.05) is 16.8 Å². The van der Waals surface area contributed by atoms with Crippen molar-refractivity contribution in [3.63, 3.8) is 0 Å². The number of fused-ring (bicyclic) bond motifs is 1. The van der Waals surface area contributed by atoms with Crippen molar-refractivity contribution in [3.05, 3.63) is 58.1 Å². The number of carbonyl (C=O) groups is 2. The highest BCUT2D eigenvalue weighted by Crippen LogP contribution is 2.41. The van der Waals surface area contributed by atoms with E-state index in [9.17, 15) is 14.7 Å². The maximum Gasteiger partial charge on any atom is 0.329 e. The number of benzene rings is 2. The number of carbonyl (C=O) groups excluding carboxylic acids is 2. The second-order valence-electron chi connectivity index (χ2n) is 6.40. The van der Waals surface area contributed by atoms with E-state index in [4.69, 9.17) is 0 Å². The number of amides is 3. The van der Waals surface area contributed by atoms with Crippen LogP contribution in [0.15, 0.2) is 46.9 Å². The molecule has 0 fully saturated rings. The fraction of sp³-hybridized carbons (Fsp3) is 0.300. The maximum absolute atomic E-state index is 13.0. The number of nitrogens with one attached hydrogen (secondary N) is 2. The first-order chi connectivity index (χ1) is 12.9. The molecular weight excluding hydrogens is 410 g/mol. The van der Waals surface area contributed by atoms with Gasteiger partial charge in [0.05, 0.1) is 5.69 Å². The van der Waals surface area contributed by atoms with Gasteiger partial charge in [0.25, 0.3) is 11.6 Å². The van der Waals surface area contributed by atoms with Gasteiger partial charge in [-0.2, -0.15) is 0 Å². The van der Waals surface area contributed by atoms with Crippen LogP contribution in [0.2, 0.25) is 0 Å². The third kappa shape index (κ3) is 3.44. The SMILES string of the molecule is CCCNC(=O)[C@]1(O)c2cc(Br)ccc2NC(=O)N1c1ccc(CC)cc1. The molecule has 2 aromatic rings. The highest BCUT2D eigenvalue weighted by molar-refractivity contribution is 9.10. The lowest BCUT2D eigenvalue weighted by Gasteiger charge is -2.42. The zero-order valence-corrected chi connectivity index (χ0v) is 16.8. The van der Waals surface area contributed by atoms with Crippen LogP contribution < -0.4 is 15.5 Å². The summed E-state index contributed by atoms with van der Waals surface area (Å²) in [5.41, 5.74) is 0.0795. The molecule has 1 aliphatic rings. The van der Waals surface area contributed by atoms with Crippen LogP contribution in [-0.4, -0.2) is 23.6 Å². The molecule has 0 aliphatic carbocycles. The number of aryl methyl sites for hydroxylation is 1. The monoisotopic (exact) mass is 431 g/mol.